The smallest absolute Gasteiger partial charge is 0.187 e. The van der Waals surface area contributed by atoms with E-state index in [4.69, 9.17) is 4.98 Å². The van der Waals surface area contributed by atoms with Gasteiger partial charge in [-0.05, 0) is 51.9 Å². The van der Waals surface area contributed by atoms with Crippen LogP contribution < -0.4 is 5.32 Å². The number of nitrogens with zero attached hydrogens (tertiary/aromatic N) is 3. The fourth-order valence-electron chi connectivity index (χ4n) is 6.93. The van der Waals surface area contributed by atoms with Gasteiger partial charge < -0.3 is 5.32 Å². The zero-order chi connectivity index (χ0) is 33.9. The topological polar surface area (TPSA) is 50.7 Å². The van der Waals surface area contributed by atoms with Crippen molar-refractivity contribution in [1.82, 2.24) is 15.0 Å². The Labute approximate surface area is 282 Å². The molecule has 0 bridgehead atoms. The normalized spacial score (nSPS) is 11.8. The minimum Gasteiger partial charge on any atom is -0.369 e. The van der Waals surface area contributed by atoms with Gasteiger partial charge in [-0.3, -0.25) is 0 Å². The zero-order valence-corrected chi connectivity index (χ0v) is 30.0. The molecule has 1 N–H and O–H groups in total. The molecule has 0 unspecified atom stereocenters. The molecule has 4 nitrogen and oxygen atoms in total. The maximum absolute atomic E-state index is 16.7. The number of hydrogen-bond donors (Lipinski definition) is 1. The van der Waals surface area contributed by atoms with Crippen molar-refractivity contribution in [2.75, 3.05) is 18.1 Å². The van der Waals surface area contributed by atoms with Crippen molar-refractivity contribution in [3.63, 3.8) is 0 Å². The summed E-state index contributed by atoms with van der Waals surface area (Å²) in [5.41, 5.74) is 8.01. The van der Waals surface area contributed by atoms with Crippen LogP contribution in [0.4, 0.5) is 14.6 Å². The molecular weight excluding hydrogens is 623 g/mol. The quantitative estimate of drug-likeness (QED) is 0.0697. The Morgan fingerprint density at radius 1 is 0.957 bits per heavy atom. The van der Waals surface area contributed by atoms with Crippen LogP contribution in [0.2, 0.25) is 16.6 Å². The second-order valence-corrected chi connectivity index (χ2v) is 19.2. The number of anilines is 1. The molecule has 5 aromatic rings. The number of aromatic nitrogens is 3. The Hall–Kier alpha value is -4.06. The summed E-state index contributed by atoms with van der Waals surface area (Å²) < 4.78 is 32.5. The van der Waals surface area contributed by atoms with E-state index in [9.17, 15) is 0 Å². The van der Waals surface area contributed by atoms with E-state index in [0.717, 1.165) is 16.5 Å². The van der Waals surface area contributed by atoms with Crippen molar-refractivity contribution in [3.05, 3.63) is 95.7 Å². The summed E-state index contributed by atoms with van der Waals surface area (Å²) in [5.74, 6) is 2.80. The van der Waals surface area contributed by atoms with Gasteiger partial charge in [0, 0.05) is 23.7 Å². The molecule has 2 heterocycles. The summed E-state index contributed by atoms with van der Waals surface area (Å²) in [4.78, 5) is 13.8. The number of benzene rings is 3. The second-order valence-electron chi connectivity index (χ2n) is 12.8. The molecular formula is C39H42F2N4SSi. The van der Waals surface area contributed by atoms with Crippen molar-refractivity contribution in [1.29, 1.82) is 0 Å². The average Bonchev–Trinajstić information content (AvgIpc) is 3.06. The first kappa shape index (κ1) is 34.3. The van der Waals surface area contributed by atoms with Crippen LogP contribution in [0.1, 0.15) is 58.2 Å². The molecule has 0 radical (unpaired) electrons. The monoisotopic (exact) mass is 664 g/mol. The van der Waals surface area contributed by atoms with E-state index < -0.39 is 19.7 Å². The van der Waals surface area contributed by atoms with Crippen LogP contribution in [0.5, 0.6) is 0 Å². The fourth-order valence-corrected chi connectivity index (χ4v) is 12.5. The number of halogens is 2. The third-order valence-corrected chi connectivity index (χ3v) is 16.1. The van der Waals surface area contributed by atoms with Crippen LogP contribution in [0.15, 0.2) is 72.5 Å². The molecule has 0 atom stereocenters. The molecule has 3 aromatic carbocycles. The Morgan fingerprint density at radius 2 is 1.68 bits per heavy atom. The van der Waals surface area contributed by atoms with Crippen LogP contribution in [0.25, 0.3) is 39.0 Å². The van der Waals surface area contributed by atoms with Crippen molar-refractivity contribution >= 4 is 53.4 Å². The molecule has 8 heteroatoms. The second kappa shape index (κ2) is 14.4. The van der Waals surface area contributed by atoms with Crippen molar-refractivity contribution in [2.45, 2.75) is 69.7 Å². The highest BCUT2D eigenvalue weighted by Crippen LogP contribution is 2.42. The lowest BCUT2D eigenvalue weighted by Gasteiger charge is -2.38. The first-order chi connectivity index (χ1) is 22.5. The van der Waals surface area contributed by atoms with Gasteiger partial charge >= 0.3 is 0 Å². The van der Waals surface area contributed by atoms with E-state index in [1.54, 1.807) is 18.3 Å². The molecule has 47 heavy (non-hydrogen) atoms. The van der Waals surface area contributed by atoms with Crippen molar-refractivity contribution in [2.24, 2.45) is 0 Å². The highest BCUT2D eigenvalue weighted by Gasteiger charge is 2.41. The number of nitrogens with one attached hydrogen (secondary N) is 1. The Morgan fingerprint density at radius 3 is 2.36 bits per heavy atom. The predicted octanol–water partition coefficient (Wildman–Crippen LogP) is 10.7. The van der Waals surface area contributed by atoms with E-state index in [1.807, 2.05) is 36.6 Å². The van der Waals surface area contributed by atoms with Gasteiger partial charge in [0.05, 0.1) is 10.9 Å². The molecule has 0 fully saturated rings. The molecule has 242 valence electrons. The van der Waals surface area contributed by atoms with E-state index in [0.29, 0.717) is 56.9 Å². The van der Waals surface area contributed by atoms with Crippen LogP contribution in [0.3, 0.4) is 0 Å². The van der Waals surface area contributed by atoms with E-state index in [1.165, 1.54) is 17.8 Å². The number of fused-ring (bicyclic) bond motifs is 2. The van der Waals surface area contributed by atoms with E-state index >= 15 is 8.78 Å². The maximum atomic E-state index is 16.7. The van der Waals surface area contributed by atoms with E-state index in [-0.39, 0.29) is 16.8 Å². The molecule has 0 amide bonds. The molecule has 5 rings (SSSR count). The SMILES string of the molecule is C=Cc1cccc(CCNc2nc(-c3cccc4ccc(F)c(C#C[Si](C(C)C)(C(C)C)C(C)C)c34)c(F)c3nc(SC)ncc23)c1. The number of rotatable bonds is 10. The Bertz CT molecular complexity index is 1990. The Balaban J connectivity index is 1.71. The van der Waals surface area contributed by atoms with Gasteiger partial charge in [-0.15, -0.1) is 5.54 Å². The van der Waals surface area contributed by atoms with Gasteiger partial charge in [0.1, 0.15) is 30.9 Å². The maximum Gasteiger partial charge on any atom is 0.187 e. The van der Waals surface area contributed by atoms with Crippen LogP contribution in [0, 0.1) is 23.1 Å². The predicted molar refractivity (Wildman–Crippen MR) is 199 cm³/mol. The molecule has 0 saturated heterocycles. The van der Waals surface area contributed by atoms with Gasteiger partial charge in [-0.1, -0.05) is 120 Å². The number of hydrogen-bond acceptors (Lipinski definition) is 5. The highest BCUT2D eigenvalue weighted by molar-refractivity contribution is 7.98. The summed E-state index contributed by atoms with van der Waals surface area (Å²) >= 11 is 1.34. The minimum atomic E-state index is -2.19. The molecule has 0 aliphatic rings. The molecule has 0 aliphatic carbocycles. The van der Waals surface area contributed by atoms with Gasteiger partial charge in [-0.2, -0.15) is 0 Å². The first-order valence-corrected chi connectivity index (χ1v) is 19.6. The summed E-state index contributed by atoms with van der Waals surface area (Å²) in [6.07, 6.45) is 6.00. The van der Waals surface area contributed by atoms with Gasteiger partial charge in [-0.25, -0.2) is 23.7 Å². The van der Waals surface area contributed by atoms with Crippen LogP contribution in [-0.4, -0.2) is 35.8 Å². The molecule has 2 aromatic heterocycles. The summed E-state index contributed by atoms with van der Waals surface area (Å²) in [6, 6.07) is 16.9. The zero-order valence-electron chi connectivity index (χ0n) is 28.2. The minimum absolute atomic E-state index is 0.0961. The standard InChI is InChI=1S/C39H42F2N4SSi/c1-9-27-12-10-13-28(22-27)18-20-42-38-32-23-43-39(46-8)45-37(32)35(41)36(44-38)31-15-11-14-29-16-17-33(40)30(34(29)31)19-21-47(24(2)3,25(4)5)26(6)7/h9-17,22-26H,1,18,20H2,2-8H3,(H,42,44). The van der Waals surface area contributed by atoms with E-state index in [2.05, 4.69) is 87.0 Å². The van der Waals surface area contributed by atoms with Crippen molar-refractivity contribution < 1.29 is 8.78 Å². The molecule has 0 spiro atoms. The van der Waals surface area contributed by atoms with Gasteiger partial charge in [0.15, 0.2) is 11.0 Å². The van der Waals surface area contributed by atoms with Crippen LogP contribution in [-0.2, 0) is 6.42 Å². The van der Waals surface area contributed by atoms with Crippen LogP contribution >= 0.6 is 11.8 Å². The summed E-state index contributed by atoms with van der Waals surface area (Å²) in [6.45, 7) is 17.8. The van der Waals surface area contributed by atoms with Gasteiger partial charge in [0.25, 0.3) is 0 Å². The molecule has 0 saturated carbocycles. The molecule has 0 aliphatic heterocycles. The highest BCUT2D eigenvalue weighted by atomic mass is 32.2. The third-order valence-electron chi connectivity index (χ3n) is 9.26. The lowest BCUT2D eigenvalue weighted by atomic mass is 9.96. The average molecular weight is 665 g/mol. The number of pyridine rings is 1. The third kappa shape index (κ3) is 6.70. The first-order valence-electron chi connectivity index (χ1n) is 16.1. The Kier molecular flexibility index (Phi) is 10.5. The fraction of sp³-hybridized carbons (Fsp3) is 0.308. The lowest BCUT2D eigenvalue weighted by Crippen LogP contribution is -2.43. The lowest BCUT2D eigenvalue weighted by molar-refractivity contribution is 0.626. The number of thioether (sulfide) groups is 1. The van der Waals surface area contributed by atoms with Crippen molar-refractivity contribution in [3.8, 4) is 22.7 Å². The largest absolute Gasteiger partial charge is 0.369 e. The summed E-state index contributed by atoms with van der Waals surface area (Å²) in [5, 5.41) is 5.67. The summed E-state index contributed by atoms with van der Waals surface area (Å²) in [7, 11) is -2.19. The van der Waals surface area contributed by atoms with Gasteiger partial charge in [0.2, 0.25) is 0 Å².